The molecule has 0 saturated carbocycles. The average Bonchev–Trinajstić information content (AvgIpc) is 2.99. The number of nitrogens with one attached hydrogen (secondary N) is 1. The molecule has 0 spiro atoms. The molecule has 0 aliphatic carbocycles. The summed E-state index contributed by atoms with van der Waals surface area (Å²) in [4.78, 5) is 8.74. The van der Waals surface area contributed by atoms with Gasteiger partial charge in [0, 0.05) is 18.8 Å². The SMILES string of the molecule is Cc1ccnc(-c2cc(CCc3nn[nH]n3)ccn2)c1. The van der Waals surface area contributed by atoms with Gasteiger partial charge in [0.2, 0.25) is 0 Å². The molecule has 20 heavy (non-hydrogen) atoms. The van der Waals surface area contributed by atoms with Gasteiger partial charge < -0.3 is 0 Å². The van der Waals surface area contributed by atoms with Gasteiger partial charge in [-0.15, -0.1) is 10.2 Å². The van der Waals surface area contributed by atoms with Crippen molar-refractivity contribution in [3.63, 3.8) is 0 Å². The Morgan fingerprint density at radius 2 is 1.80 bits per heavy atom. The van der Waals surface area contributed by atoms with Crippen LogP contribution in [-0.2, 0) is 12.8 Å². The summed E-state index contributed by atoms with van der Waals surface area (Å²) in [5.74, 6) is 0.719. The van der Waals surface area contributed by atoms with Crippen molar-refractivity contribution < 1.29 is 0 Å². The van der Waals surface area contributed by atoms with Crippen LogP contribution in [0.4, 0.5) is 0 Å². The smallest absolute Gasteiger partial charge is 0.174 e. The molecule has 6 nitrogen and oxygen atoms in total. The third-order valence-corrected chi connectivity index (χ3v) is 3.03. The minimum Gasteiger partial charge on any atom is -0.255 e. The normalized spacial score (nSPS) is 10.7. The van der Waals surface area contributed by atoms with E-state index in [9.17, 15) is 0 Å². The molecule has 0 aliphatic rings. The lowest BCUT2D eigenvalue weighted by Gasteiger charge is -2.04. The van der Waals surface area contributed by atoms with E-state index in [-0.39, 0.29) is 0 Å². The van der Waals surface area contributed by atoms with E-state index in [4.69, 9.17) is 0 Å². The van der Waals surface area contributed by atoms with Gasteiger partial charge >= 0.3 is 0 Å². The molecule has 6 heteroatoms. The first-order chi connectivity index (χ1) is 9.81. The third-order valence-electron chi connectivity index (χ3n) is 3.03. The van der Waals surface area contributed by atoms with Crippen molar-refractivity contribution in [2.24, 2.45) is 0 Å². The number of nitrogens with zero attached hydrogens (tertiary/aromatic N) is 5. The topological polar surface area (TPSA) is 80.2 Å². The van der Waals surface area contributed by atoms with Crippen molar-refractivity contribution in [1.82, 2.24) is 30.6 Å². The van der Waals surface area contributed by atoms with Crippen LogP contribution in [0.3, 0.4) is 0 Å². The highest BCUT2D eigenvalue weighted by atomic mass is 15.5. The summed E-state index contributed by atoms with van der Waals surface area (Å²) in [6, 6.07) is 8.07. The van der Waals surface area contributed by atoms with Crippen LogP contribution < -0.4 is 0 Å². The summed E-state index contributed by atoms with van der Waals surface area (Å²) in [6.45, 7) is 2.05. The van der Waals surface area contributed by atoms with Crippen molar-refractivity contribution in [3.8, 4) is 11.4 Å². The van der Waals surface area contributed by atoms with E-state index in [0.29, 0.717) is 0 Å². The van der Waals surface area contributed by atoms with Crippen LogP contribution in [0.2, 0.25) is 0 Å². The number of pyridine rings is 2. The summed E-state index contributed by atoms with van der Waals surface area (Å²) in [6.07, 6.45) is 5.21. The van der Waals surface area contributed by atoms with Crippen LogP contribution in [0.1, 0.15) is 17.0 Å². The highest BCUT2D eigenvalue weighted by Crippen LogP contribution is 2.17. The fourth-order valence-electron chi connectivity index (χ4n) is 1.99. The van der Waals surface area contributed by atoms with E-state index >= 15 is 0 Å². The number of aromatic nitrogens is 6. The van der Waals surface area contributed by atoms with Crippen molar-refractivity contribution in [2.75, 3.05) is 0 Å². The molecule has 3 heterocycles. The lowest BCUT2D eigenvalue weighted by molar-refractivity contribution is 0.863. The lowest BCUT2D eigenvalue weighted by Crippen LogP contribution is -1.96. The summed E-state index contributed by atoms with van der Waals surface area (Å²) in [7, 11) is 0. The molecule has 3 aromatic heterocycles. The monoisotopic (exact) mass is 266 g/mol. The van der Waals surface area contributed by atoms with Crippen molar-refractivity contribution in [1.29, 1.82) is 0 Å². The minimum absolute atomic E-state index is 0.719. The van der Waals surface area contributed by atoms with Gasteiger partial charge in [-0.25, -0.2) is 0 Å². The average molecular weight is 266 g/mol. The minimum atomic E-state index is 0.719. The van der Waals surface area contributed by atoms with Gasteiger partial charge in [0.15, 0.2) is 5.82 Å². The molecule has 0 fully saturated rings. The zero-order valence-electron chi connectivity index (χ0n) is 11.1. The number of tetrazole rings is 1. The Morgan fingerprint density at radius 1 is 1.00 bits per heavy atom. The number of hydrogen-bond donors (Lipinski definition) is 1. The molecule has 0 aromatic carbocycles. The van der Waals surface area contributed by atoms with Crippen LogP contribution in [0.25, 0.3) is 11.4 Å². The van der Waals surface area contributed by atoms with E-state index in [1.807, 2.05) is 31.3 Å². The fraction of sp³-hybridized carbons (Fsp3) is 0.214. The standard InChI is InChI=1S/C14H14N6/c1-10-4-6-15-12(8-10)13-9-11(5-7-16-13)2-3-14-17-19-20-18-14/h4-9H,2-3H2,1H3,(H,17,18,19,20). The van der Waals surface area contributed by atoms with Gasteiger partial charge in [0.1, 0.15) is 0 Å². The van der Waals surface area contributed by atoms with E-state index in [2.05, 4.69) is 36.7 Å². The Labute approximate surface area is 116 Å². The van der Waals surface area contributed by atoms with Crippen molar-refractivity contribution in [3.05, 3.63) is 53.6 Å². The highest BCUT2D eigenvalue weighted by molar-refractivity contribution is 5.55. The molecule has 0 saturated heterocycles. The Morgan fingerprint density at radius 3 is 2.55 bits per heavy atom. The van der Waals surface area contributed by atoms with Gasteiger partial charge in [-0.2, -0.15) is 5.21 Å². The first-order valence-corrected chi connectivity index (χ1v) is 6.41. The molecule has 3 aromatic rings. The van der Waals surface area contributed by atoms with Crippen LogP contribution >= 0.6 is 0 Å². The quantitative estimate of drug-likeness (QED) is 0.778. The molecule has 0 aliphatic heterocycles. The molecule has 3 rings (SSSR count). The fourth-order valence-corrected chi connectivity index (χ4v) is 1.99. The predicted molar refractivity (Wildman–Crippen MR) is 73.8 cm³/mol. The lowest BCUT2D eigenvalue weighted by atomic mass is 10.1. The molecular formula is C14H14N6. The Bertz CT molecular complexity index is 692. The maximum Gasteiger partial charge on any atom is 0.174 e. The van der Waals surface area contributed by atoms with Gasteiger partial charge in [0.25, 0.3) is 0 Å². The van der Waals surface area contributed by atoms with Crippen LogP contribution in [0, 0.1) is 6.92 Å². The largest absolute Gasteiger partial charge is 0.255 e. The second kappa shape index (κ2) is 5.56. The van der Waals surface area contributed by atoms with Gasteiger partial charge in [-0.05, 0) is 48.7 Å². The molecular weight excluding hydrogens is 252 g/mol. The van der Waals surface area contributed by atoms with Crippen LogP contribution in [-0.4, -0.2) is 30.6 Å². The van der Waals surface area contributed by atoms with Crippen molar-refractivity contribution in [2.45, 2.75) is 19.8 Å². The highest BCUT2D eigenvalue weighted by Gasteiger charge is 2.04. The second-order valence-corrected chi connectivity index (χ2v) is 4.60. The number of hydrogen-bond acceptors (Lipinski definition) is 5. The molecule has 0 amide bonds. The number of aryl methyl sites for hydroxylation is 3. The second-order valence-electron chi connectivity index (χ2n) is 4.60. The number of H-pyrrole nitrogens is 1. The summed E-state index contributed by atoms with van der Waals surface area (Å²) < 4.78 is 0. The van der Waals surface area contributed by atoms with Gasteiger partial charge in [-0.3, -0.25) is 9.97 Å². The van der Waals surface area contributed by atoms with Gasteiger partial charge in [0.05, 0.1) is 11.4 Å². The van der Waals surface area contributed by atoms with E-state index in [0.717, 1.165) is 30.1 Å². The van der Waals surface area contributed by atoms with E-state index in [1.165, 1.54) is 11.1 Å². The molecule has 0 radical (unpaired) electrons. The first-order valence-electron chi connectivity index (χ1n) is 6.41. The maximum atomic E-state index is 4.38. The predicted octanol–water partition coefficient (Wildman–Crippen LogP) is 1.75. The first kappa shape index (κ1) is 12.4. The van der Waals surface area contributed by atoms with E-state index in [1.54, 1.807) is 6.20 Å². The molecule has 1 N–H and O–H groups in total. The molecule has 0 bridgehead atoms. The summed E-state index contributed by atoms with van der Waals surface area (Å²) in [5, 5.41) is 13.9. The zero-order valence-corrected chi connectivity index (χ0v) is 11.1. The van der Waals surface area contributed by atoms with Crippen LogP contribution in [0.15, 0.2) is 36.7 Å². The number of rotatable bonds is 4. The summed E-state index contributed by atoms with van der Waals surface area (Å²) >= 11 is 0. The van der Waals surface area contributed by atoms with Crippen molar-refractivity contribution >= 4 is 0 Å². The Kier molecular flexibility index (Phi) is 3.45. The van der Waals surface area contributed by atoms with Gasteiger partial charge in [-0.1, -0.05) is 5.21 Å². The molecule has 100 valence electrons. The van der Waals surface area contributed by atoms with Crippen LogP contribution in [0.5, 0.6) is 0 Å². The molecule has 0 atom stereocenters. The molecule has 0 unspecified atom stereocenters. The summed E-state index contributed by atoms with van der Waals surface area (Å²) in [5.41, 5.74) is 4.14. The maximum absolute atomic E-state index is 4.38. The third kappa shape index (κ3) is 2.85. The number of aromatic amines is 1. The Balaban J connectivity index is 1.79. The van der Waals surface area contributed by atoms with E-state index < -0.39 is 0 Å². The zero-order chi connectivity index (χ0) is 13.8. The Hall–Kier alpha value is -2.63.